The number of carbonyl (C=O) groups is 1. The van der Waals surface area contributed by atoms with Crippen molar-refractivity contribution in [3.05, 3.63) is 58.6 Å². The highest BCUT2D eigenvalue weighted by molar-refractivity contribution is 7.88. The van der Waals surface area contributed by atoms with Gasteiger partial charge in [0.1, 0.15) is 0 Å². The van der Waals surface area contributed by atoms with Crippen LogP contribution in [-0.2, 0) is 16.4 Å². The zero-order chi connectivity index (χ0) is 20.9. The number of hydrogen-bond donors (Lipinski definition) is 2. The average Bonchev–Trinajstić information content (AvgIpc) is 2.68. The number of anilines is 2. The van der Waals surface area contributed by atoms with Gasteiger partial charge in [-0.25, -0.2) is 13.1 Å². The average molecular weight is 436 g/mol. The minimum absolute atomic E-state index is 0.202. The summed E-state index contributed by atoms with van der Waals surface area (Å²) >= 11 is 6.17. The van der Waals surface area contributed by atoms with Crippen LogP contribution in [0.25, 0.3) is 0 Å². The predicted molar refractivity (Wildman–Crippen MR) is 118 cm³/mol. The third-order valence-electron chi connectivity index (χ3n) is 4.90. The second kappa shape index (κ2) is 9.61. The van der Waals surface area contributed by atoms with Gasteiger partial charge < -0.3 is 10.2 Å². The normalized spacial score (nSPS) is 14.6. The van der Waals surface area contributed by atoms with Crippen molar-refractivity contribution >= 4 is 38.9 Å². The fraction of sp³-hybridized carbons (Fsp3) is 0.381. The SMILES string of the molecule is CS(=O)(=O)NCCc1ccc(C(=O)Nc2cc(Cl)ccc2N2CCCCC2)cc1. The maximum atomic E-state index is 12.8. The Bertz CT molecular complexity index is 956. The molecule has 1 fully saturated rings. The maximum absolute atomic E-state index is 12.8. The predicted octanol–water partition coefficient (Wildman–Crippen LogP) is 3.67. The van der Waals surface area contributed by atoms with Gasteiger partial charge in [0.2, 0.25) is 10.0 Å². The molecule has 8 heteroatoms. The molecule has 6 nitrogen and oxygen atoms in total. The molecule has 1 aliphatic heterocycles. The molecule has 0 saturated carbocycles. The quantitative estimate of drug-likeness (QED) is 0.695. The van der Waals surface area contributed by atoms with Gasteiger partial charge in [-0.2, -0.15) is 0 Å². The molecule has 3 rings (SSSR count). The van der Waals surface area contributed by atoms with E-state index in [1.165, 1.54) is 6.42 Å². The van der Waals surface area contributed by atoms with Crippen LogP contribution in [0, 0.1) is 0 Å². The molecule has 0 atom stereocenters. The van der Waals surface area contributed by atoms with Crippen molar-refractivity contribution in [1.82, 2.24) is 4.72 Å². The lowest BCUT2D eigenvalue weighted by molar-refractivity contribution is 0.102. The number of hydrogen-bond acceptors (Lipinski definition) is 4. The highest BCUT2D eigenvalue weighted by atomic mass is 35.5. The van der Waals surface area contributed by atoms with E-state index in [4.69, 9.17) is 11.6 Å². The Labute approximate surface area is 177 Å². The molecule has 0 aliphatic carbocycles. The van der Waals surface area contributed by atoms with E-state index in [0.29, 0.717) is 29.2 Å². The molecule has 156 valence electrons. The second-order valence-electron chi connectivity index (χ2n) is 7.28. The Kier molecular flexibility index (Phi) is 7.16. The summed E-state index contributed by atoms with van der Waals surface area (Å²) < 4.78 is 24.7. The molecule has 1 heterocycles. The van der Waals surface area contributed by atoms with E-state index in [2.05, 4.69) is 14.9 Å². The Morgan fingerprint density at radius 2 is 1.76 bits per heavy atom. The number of benzene rings is 2. The molecule has 1 amide bonds. The van der Waals surface area contributed by atoms with E-state index in [1.54, 1.807) is 18.2 Å². The van der Waals surface area contributed by atoms with Crippen molar-refractivity contribution in [3.8, 4) is 0 Å². The molecule has 0 bridgehead atoms. The van der Waals surface area contributed by atoms with Crippen LogP contribution in [0.2, 0.25) is 5.02 Å². The Balaban J connectivity index is 1.67. The van der Waals surface area contributed by atoms with Gasteiger partial charge >= 0.3 is 0 Å². The molecular formula is C21H26ClN3O3S. The monoisotopic (exact) mass is 435 g/mol. The molecular weight excluding hydrogens is 410 g/mol. The lowest BCUT2D eigenvalue weighted by Gasteiger charge is -2.30. The van der Waals surface area contributed by atoms with Crippen molar-refractivity contribution in [1.29, 1.82) is 0 Å². The smallest absolute Gasteiger partial charge is 0.255 e. The maximum Gasteiger partial charge on any atom is 0.255 e. The molecule has 0 unspecified atom stereocenters. The first kappa shape index (κ1) is 21.6. The van der Waals surface area contributed by atoms with Crippen LogP contribution in [0.15, 0.2) is 42.5 Å². The summed E-state index contributed by atoms with van der Waals surface area (Å²) in [6, 6.07) is 12.8. The number of rotatable bonds is 7. The summed E-state index contributed by atoms with van der Waals surface area (Å²) in [6.07, 6.45) is 5.21. The summed E-state index contributed by atoms with van der Waals surface area (Å²) in [7, 11) is -3.20. The molecule has 0 spiro atoms. The topological polar surface area (TPSA) is 78.5 Å². The van der Waals surface area contributed by atoms with Gasteiger partial charge in [-0.05, 0) is 61.6 Å². The van der Waals surface area contributed by atoms with Crippen LogP contribution in [0.3, 0.4) is 0 Å². The van der Waals surface area contributed by atoms with Crippen molar-refractivity contribution < 1.29 is 13.2 Å². The van der Waals surface area contributed by atoms with E-state index in [9.17, 15) is 13.2 Å². The van der Waals surface area contributed by atoms with Crippen molar-refractivity contribution in [2.75, 3.05) is 36.1 Å². The van der Waals surface area contributed by atoms with Gasteiger partial charge in [-0.1, -0.05) is 23.7 Å². The standard InChI is InChI=1S/C21H26ClN3O3S/c1-29(27,28)23-12-11-16-5-7-17(8-6-16)21(26)24-19-15-18(22)9-10-20(19)25-13-3-2-4-14-25/h5-10,15,23H,2-4,11-14H2,1H3,(H,24,26). The van der Waals surface area contributed by atoms with Gasteiger partial charge in [-0.15, -0.1) is 0 Å². The summed E-state index contributed by atoms with van der Waals surface area (Å²) in [5.74, 6) is -0.202. The molecule has 29 heavy (non-hydrogen) atoms. The van der Waals surface area contributed by atoms with Gasteiger partial charge in [0.25, 0.3) is 5.91 Å². The minimum Gasteiger partial charge on any atom is -0.370 e. The second-order valence-corrected chi connectivity index (χ2v) is 9.55. The first-order valence-electron chi connectivity index (χ1n) is 9.71. The fourth-order valence-corrected chi connectivity index (χ4v) is 4.06. The number of sulfonamides is 1. The molecule has 2 aromatic rings. The lowest BCUT2D eigenvalue weighted by atomic mass is 10.1. The molecule has 2 N–H and O–H groups in total. The molecule has 2 aromatic carbocycles. The van der Waals surface area contributed by atoms with Gasteiger partial charge in [0.15, 0.2) is 0 Å². The third kappa shape index (κ3) is 6.45. The molecule has 0 radical (unpaired) electrons. The van der Waals surface area contributed by atoms with Crippen LogP contribution in [0.4, 0.5) is 11.4 Å². The highest BCUT2D eigenvalue weighted by Crippen LogP contribution is 2.31. The van der Waals surface area contributed by atoms with Crippen molar-refractivity contribution in [2.24, 2.45) is 0 Å². The summed E-state index contributed by atoms with van der Waals surface area (Å²) in [4.78, 5) is 15.0. The minimum atomic E-state index is -3.20. The summed E-state index contributed by atoms with van der Waals surface area (Å²) in [5, 5.41) is 3.57. The fourth-order valence-electron chi connectivity index (χ4n) is 3.42. The molecule has 0 aromatic heterocycles. The van der Waals surface area contributed by atoms with Gasteiger partial charge in [0, 0.05) is 30.2 Å². The van der Waals surface area contributed by atoms with Gasteiger partial charge in [0.05, 0.1) is 17.6 Å². The van der Waals surface area contributed by atoms with Crippen LogP contribution >= 0.6 is 11.6 Å². The number of piperidine rings is 1. The number of nitrogens with one attached hydrogen (secondary N) is 2. The van der Waals surface area contributed by atoms with Crippen molar-refractivity contribution in [2.45, 2.75) is 25.7 Å². The third-order valence-corrected chi connectivity index (χ3v) is 5.86. The van der Waals surface area contributed by atoms with E-state index in [0.717, 1.165) is 43.4 Å². The Morgan fingerprint density at radius 1 is 1.07 bits per heavy atom. The Hall–Kier alpha value is -2.09. The van der Waals surface area contributed by atoms with E-state index in [1.807, 2.05) is 24.3 Å². The van der Waals surface area contributed by atoms with E-state index >= 15 is 0 Å². The first-order valence-corrected chi connectivity index (χ1v) is 12.0. The number of amides is 1. The summed E-state index contributed by atoms with van der Waals surface area (Å²) in [6.45, 7) is 2.27. The van der Waals surface area contributed by atoms with Crippen LogP contribution < -0.4 is 14.9 Å². The van der Waals surface area contributed by atoms with Crippen LogP contribution in [0.1, 0.15) is 35.2 Å². The largest absolute Gasteiger partial charge is 0.370 e. The van der Waals surface area contributed by atoms with Crippen LogP contribution in [0.5, 0.6) is 0 Å². The number of carbonyl (C=O) groups excluding carboxylic acids is 1. The van der Waals surface area contributed by atoms with E-state index < -0.39 is 10.0 Å². The zero-order valence-corrected chi connectivity index (χ0v) is 18.0. The molecule has 1 saturated heterocycles. The first-order chi connectivity index (χ1) is 13.8. The van der Waals surface area contributed by atoms with Crippen molar-refractivity contribution in [3.63, 3.8) is 0 Å². The van der Waals surface area contributed by atoms with Gasteiger partial charge in [-0.3, -0.25) is 4.79 Å². The number of nitrogens with zero attached hydrogens (tertiary/aromatic N) is 1. The zero-order valence-electron chi connectivity index (χ0n) is 16.4. The Morgan fingerprint density at radius 3 is 2.41 bits per heavy atom. The molecule has 1 aliphatic rings. The number of halogens is 1. The van der Waals surface area contributed by atoms with Crippen LogP contribution in [-0.4, -0.2) is 40.2 Å². The summed E-state index contributed by atoms with van der Waals surface area (Å²) in [5.41, 5.74) is 3.20. The van der Waals surface area contributed by atoms with E-state index in [-0.39, 0.29) is 5.91 Å². The highest BCUT2D eigenvalue weighted by Gasteiger charge is 2.17. The lowest BCUT2D eigenvalue weighted by Crippen LogP contribution is -2.30.